The monoisotopic (exact) mass is 399 g/mol. The molecule has 10 heteroatoms. The van der Waals surface area contributed by atoms with Crippen molar-refractivity contribution in [3.63, 3.8) is 0 Å². The second-order valence-electron chi connectivity index (χ2n) is 7.22. The zero-order valence-corrected chi connectivity index (χ0v) is 16.9. The molecule has 2 rings (SSSR count). The Labute approximate surface area is 163 Å². The lowest BCUT2D eigenvalue weighted by molar-refractivity contribution is -0.145. The molecule has 3 atom stereocenters. The van der Waals surface area contributed by atoms with Gasteiger partial charge in [0, 0.05) is 19.1 Å². The first-order chi connectivity index (χ1) is 12.8. The molecule has 5 amide bonds. The molecule has 0 aromatic carbocycles. The fourth-order valence-corrected chi connectivity index (χ4v) is 4.12. The van der Waals surface area contributed by atoms with E-state index in [0.717, 1.165) is 0 Å². The number of nitrogens with one attached hydrogen (secondary N) is 2. The van der Waals surface area contributed by atoms with Crippen molar-refractivity contribution in [1.29, 1.82) is 0 Å². The second-order valence-corrected chi connectivity index (χ2v) is 8.09. The number of nitrogens with two attached hydrogens (primary N) is 1. The molecule has 0 aliphatic carbocycles. The number of carbonyl (C=O) groups is 4. The van der Waals surface area contributed by atoms with Crippen molar-refractivity contribution in [3.8, 4) is 0 Å². The summed E-state index contributed by atoms with van der Waals surface area (Å²) in [7, 11) is 0. The summed E-state index contributed by atoms with van der Waals surface area (Å²) >= 11 is 1.38. The Hall–Kier alpha value is -1.97. The van der Waals surface area contributed by atoms with Crippen LogP contribution in [0.25, 0.3) is 0 Å². The van der Waals surface area contributed by atoms with Crippen molar-refractivity contribution < 1.29 is 19.2 Å². The summed E-state index contributed by atoms with van der Waals surface area (Å²) in [4.78, 5) is 52.6. The number of rotatable bonds is 6. The number of hydrogen-bond acceptors (Lipinski definition) is 5. The first-order valence-corrected chi connectivity index (χ1v) is 10.6. The van der Waals surface area contributed by atoms with Gasteiger partial charge in [0.15, 0.2) is 0 Å². The van der Waals surface area contributed by atoms with Crippen molar-refractivity contribution in [3.05, 3.63) is 0 Å². The molecule has 0 unspecified atom stereocenters. The second kappa shape index (κ2) is 9.29. The molecule has 2 saturated heterocycles. The molecule has 0 bridgehead atoms. The van der Waals surface area contributed by atoms with E-state index in [1.165, 1.54) is 21.6 Å². The van der Waals surface area contributed by atoms with Gasteiger partial charge in [-0.15, -0.1) is 0 Å². The number of hydrogen-bond donors (Lipinski definition) is 3. The smallest absolute Gasteiger partial charge is 0.315 e. The van der Waals surface area contributed by atoms with Crippen molar-refractivity contribution in [2.75, 3.05) is 25.1 Å². The van der Waals surface area contributed by atoms with Gasteiger partial charge in [-0.2, -0.15) is 11.8 Å². The lowest BCUT2D eigenvalue weighted by Gasteiger charge is -2.33. The standard InChI is InChI=1S/C17H29N5O4S/c1-10(2)19-17(26)20-11-6-8-22(13(23)9-27-3)14(11)16(25)21-7-4-5-12(21)15(18)24/h10-12,14H,4-9H2,1-3H3,(H2,18,24)(H2,19,20,26)/t11-,12+,14-/m0/s1. The van der Waals surface area contributed by atoms with Gasteiger partial charge in [0.25, 0.3) is 0 Å². The number of primary amides is 1. The third kappa shape index (κ3) is 5.06. The lowest BCUT2D eigenvalue weighted by Crippen LogP contribution is -2.59. The Balaban J connectivity index is 2.21. The maximum absolute atomic E-state index is 13.2. The summed E-state index contributed by atoms with van der Waals surface area (Å²) in [6, 6.07) is -2.40. The van der Waals surface area contributed by atoms with E-state index in [2.05, 4.69) is 10.6 Å². The van der Waals surface area contributed by atoms with E-state index in [1.807, 2.05) is 20.1 Å². The quantitative estimate of drug-likeness (QED) is 0.555. The van der Waals surface area contributed by atoms with E-state index in [4.69, 9.17) is 5.73 Å². The molecule has 2 aliphatic heterocycles. The molecule has 0 aromatic heterocycles. The van der Waals surface area contributed by atoms with Crippen LogP contribution in [0.1, 0.15) is 33.1 Å². The molecule has 0 aromatic rings. The predicted octanol–water partition coefficient (Wildman–Crippen LogP) is -0.497. The van der Waals surface area contributed by atoms with Gasteiger partial charge in [-0.05, 0) is 39.4 Å². The molecule has 27 heavy (non-hydrogen) atoms. The molecule has 4 N–H and O–H groups in total. The van der Waals surface area contributed by atoms with E-state index in [9.17, 15) is 19.2 Å². The number of amides is 5. The largest absolute Gasteiger partial charge is 0.368 e. The van der Waals surface area contributed by atoms with Gasteiger partial charge >= 0.3 is 6.03 Å². The Kier molecular flexibility index (Phi) is 7.34. The van der Waals surface area contributed by atoms with Crippen LogP contribution in [0.15, 0.2) is 0 Å². The highest BCUT2D eigenvalue weighted by Gasteiger charge is 2.46. The number of nitrogens with zero attached hydrogens (tertiary/aromatic N) is 2. The van der Waals surface area contributed by atoms with Gasteiger partial charge in [0.2, 0.25) is 17.7 Å². The zero-order valence-electron chi connectivity index (χ0n) is 16.1. The molecule has 2 fully saturated rings. The number of carbonyl (C=O) groups excluding carboxylic acids is 4. The van der Waals surface area contributed by atoms with Crippen LogP contribution >= 0.6 is 11.8 Å². The average molecular weight is 400 g/mol. The number of thioether (sulfide) groups is 1. The first kappa shape index (κ1) is 21.3. The van der Waals surface area contributed by atoms with Crippen molar-refractivity contribution in [1.82, 2.24) is 20.4 Å². The summed E-state index contributed by atoms with van der Waals surface area (Å²) in [5.41, 5.74) is 5.44. The predicted molar refractivity (Wildman–Crippen MR) is 103 cm³/mol. The van der Waals surface area contributed by atoms with Crippen LogP contribution in [-0.4, -0.2) is 82.8 Å². The molecule has 9 nitrogen and oxygen atoms in total. The van der Waals surface area contributed by atoms with Crippen molar-refractivity contribution >= 4 is 35.5 Å². The van der Waals surface area contributed by atoms with Crippen molar-refractivity contribution in [2.24, 2.45) is 5.73 Å². The fourth-order valence-electron chi connectivity index (χ4n) is 3.70. The summed E-state index contributed by atoms with van der Waals surface area (Å²) in [5, 5.41) is 5.56. The summed E-state index contributed by atoms with van der Waals surface area (Å²) in [6.45, 7) is 4.50. The minimum atomic E-state index is -0.817. The third-order valence-electron chi connectivity index (χ3n) is 4.84. The maximum atomic E-state index is 13.2. The van der Waals surface area contributed by atoms with Crippen LogP contribution in [0.3, 0.4) is 0 Å². The first-order valence-electron chi connectivity index (χ1n) is 9.21. The molecule has 2 aliphatic rings. The molecular formula is C17H29N5O4S. The van der Waals surface area contributed by atoms with E-state index in [0.29, 0.717) is 32.4 Å². The Morgan fingerprint density at radius 3 is 2.44 bits per heavy atom. The minimum absolute atomic E-state index is 0.0485. The van der Waals surface area contributed by atoms with E-state index in [-0.39, 0.29) is 29.6 Å². The Morgan fingerprint density at radius 2 is 1.85 bits per heavy atom. The number of likely N-dealkylation sites (tertiary alicyclic amines) is 2. The highest BCUT2D eigenvalue weighted by molar-refractivity contribution is 7.99. The van der Waals surface area contributed by atoms with Gasteiger partial charge in [-0.25, -0.2) is 4.79 Å². The normalized spacial score (nSPS) is 25.0. The highest BCUT2D eigenvalue weighted by atomic mass is 32.2. The van der Waals surface area contributed by atoms with Gasteiger partial charge in [0.05, 0.1) is 11.8 Å². The molecule has 0 radical (unpaired) electrons. The van der Waals surface area contributed by atoms with Crippen LogP contribution in [0.2, 0.25) is 0 Å². The van der Waals surface area contributed by atoms with E-state index < -0.39 is 24.0 Å². The summed E-state index contributed by atoms with van der Waals surface area (Å²) in [5.74, 6) is -0.751. The van der Waals surface area contributed by atoms with Gasteiger partial charge in [-0.3, -0.25) is 14.4 Å². The molecule has 0 saturated carbocycles. The third-order valence-corrected chi connectivity index (χ3v) is 5.38. The topological polar surface area (TPSA) is 125 Å². The van der Waals surface area contributed by atoms with Crippen LogP contribution in [-0.2, 0) is 14.4 Å². The summed E-state index contributed by atoms with van der Waals surface area (Å²) < 4.78 is 0. The average Bonchev–Trinajstić information content (AvgIpc) is 3.20. The minimum Gasteiger partial charge on any atom is -0.368 e. The number of urea groups is 1. The lowest BCUT2D eigenvalue weighted by atomic mass is 10.1. The highest BCUT2D eigenvalue weighted by Crippen LogP contribution is 2.26. The van der Waals surface area contributed by atoms with E-state index >= 15 is 0 Å². The molecule has 152 valence electrons. The Bertz CT molecular complexity index is 600. The van der Waals surface area contributed by atoms with Crippen LogP contribution in [0, 0.1) is 0 Å². The SMILES string of the molecule is CSCC(=O)N1CC[C@H](NC(=O)NC(C)C)[C@H]1C(=O)N1CCC[C@@H]1C(N)=O. The molecule has 0 spiro atoms. The van der Waals surface area contributed by atoms with Gasteiger partial charge < -0.3 is 26.2 Å². The fraction of sp³-hybridized carbons (Fsp3) is 0.765. The van der Waals surface area contributed by atoms with Gasteiger partial charge in [0.1, 0.15) is 12.1 Å². The Morgan fingerprint density at radius 1 is 1.15 bits per heavy atom. The maximum Gasteiger partial charge on any atom is 0.315 e. The zero-order chi connectivity index (χ0) is 20.1. The van der Waals surface area contributed by atoms with Gasteiger partial charge in [-0.1, -0.05) is 0 Å². The molecular weight excluding hydrogens is 370 g/mol. The van der Waals surface area contributed by atoms with Crippen LogP contribution in [0.4, 0.5) is 4.79 Å². The van der Waals surface area contributed by atoms with Crippen LogP contribution < -0.4 is 16.4 Å². The van der Waals surface area contributed by atoms with E-state index in [1.54, 1.807) is 0 Å². The van der Waals surface area contributed by atoms with Crippen molar-refractivity contribution in [2.45, 2.75) is 57.3 Å². The van der Waals surface area contributed by atoms with Crippen LogP contribution in [0.5, 0.6) is 0 Å². The summed E-state index contributed by atoms with van der Waals surface area (Å²) in [6.07, 6.45) is 3.52. The molecule has 2 heterocycles.